The molecular weight excluding hydrogens is 368 g/mol. The lowest BCUT2D eigenvalue weighted by molar-refractivity contribution is -0.163. The van der Waals surface area contributed by atoms with Crippen LogP contribution in [-0.4, -0.2) is 49.2 Å². The number of methoxy groups -OCH3 is 2. The highest BCUT2D eigenvalue weighted by atomic mass is 19.2. The number of rotatable bonds is 8. The van der Waals surface area contributed by atoms with E-state index in [0.717, 1.165) is 26.4 Å². The zero-order valence-electron chi connectivity index (χ0n) is 14.8. The number of benzene rings is 1. The minimum atomic E-state index is -1.63. The SMILES string of the molecule is COC(=O)C(C(=O)OC)[C@H](C)[C@H](NC(=O)Cc1ccc(F)c(F)c1)C(=O)O. The maximum Gasteiger partial charge on any atom is 0.326 e. The maximum absolute atomic E-state index is 13.2. The van der Waals surface area contributed by atoms with E-state index in [2.05, 4.69) is 14.8 Å². The first-order valence-electron chi connectivity index (χ1n) is 7.74. The van der Waals surface area contributed by atoms with Crippen molar-refractivity contribution in [3.05, 3.63) is 35.4 Å². The van der Waals surface area contributed by atoms with E-state index in [1.54, 1.807) is 0 Å². The second-order valence-corrected chi connectivity index (χ2v) is 5.69. The molecule has 0 spiro atoms. The van der Waals surface area contributed by atoms with Crippen LogP contribution in [0.2, 0.25) is 0 Å². The molecule has 2 atom stereocenters. The Hall–Kier alpha value is -3.04. The number of carbonyl (C=O) groups is 4. The first kappa shape index (κ1) is 22.0. The second-order valence-electron chi connectivity index (χ2n) is 5.69. The van der Waals surface area contributed by atoms with Gasteiger partial charge in [-0.15, -0.1) is 0 Å². The van der Waals surface area contributed by atoms with Crippen LogP contribution in [0.3, 0.4) is 0 Å². The van der Waals surface area contributed by atoms with Crippen LogP contribution < -0.4 is 5.32 Å². The van der Waals surface area contributed by atoms with Crippen molar-refractivity contribution in [1.82, 2.24) is 5.32 Å². The summed E-state index contributed by atoms with van der Waals surface area (Å²) >= 11 is 0. The molecule has 0 heterocycles. The molecule has 1 aromatic carbocycles. The normalized spacial score (nSPS) is 12.8. The zero-order valence-corrected chi connectivity index (χ0v) is 14.8. The van der Waals surface area contributed by atoms with Crippen LogP contribution >= 0.6 is 0 Å². The minimum absolute atomic E-state index is 0.112. The number of amides is 1. The molecule has 0 fully saturated rings. The molecule has 27 heavy (non-hydrogen) atoms. The van der Waals surface area contributed by atoms with Gasteiger partial charge in [-0.05, 0) is 17.7 Å². The first-order valence-corrected chi connectivity index (χ1v) is 7.74. The van der Waals surface area contributed by atoms with Gasteiger partial charge >= 0.3 is 17.9 Å². The summed E-state index contributed by atoms with van der Waals surface area (Å²) in [7, 11) is 2.03. The Morgan fingerprint density at radius 2 is 1.63 bits per heavy atom. The quantitative estimate of drug-likeness (QED) is 0.497. The molecule has 0 saturated carbocycles. The van der Waals surface area contributed by atoms with Crippen molar-refractivity contribution < 1.29 is 42.5 Å². The molecule has 0 radical (unpaired) electrons. The van der Waals surface area contributed by atoms with Gasteiger partial charge in [-0.3, -0.25) is 14.4 Å². The van der Waals surface area contributed by atoms with E-state index in [1.165, 1.54) is 13.0 Å². The van der Waals surface area contributed by atoms with E-state index in [9.17, 15) is 33.1 Å². The van der Waals surface area contributed by atoms with Gasteiger partial charge in [-0.1, -0.05) is 13.0 Å². The smallest absolute Gasteiger partial charge is 0.326 e. The molecule has 148 valence electrons. The molecule has 10 heteroatoms. The van der Waals surface area contributed by atoms with Crippen LogP contribution in [0.5, 0.6) is 0 Å². The predicted octanol–water partition coefficient (Wildman–Crippen LogP) is 0.675. The zero-order chi connectivity index (χ0) is 20.7. The molecule has 0 saturated heterocycles. The number of carboxylic acid groups (broad SMARTS) is 1. The fourth-order valence-corrected chi connectivity index (χ4v) is 2.45. The molecule has 0 aliphatic rings. The lowest BCUT2D eigenvalue weighted by Gasteiger charge is -2.26. The summed E-state index contributed by atoms with van der Waals surface area (Å²) in [5.74, 6) is -9.39. The van der Waals surface area contributed by atoms with Crippen molar-refractivity contribution in [2.24, 2.45) is 11.8 Å². The third-order valence-corrected chi connectivity index (χ3v) is 3.89. The third-order valence-electron chi connectivity index (χ3n) is 3.89. The van der Waals surface area contributed by atoms with E-state index in [0.29, 0.717) is 0 Å². The topological polar surface area (TPSA) is 119 Å². The average Bonchev–Trinajstić information content (AvgIpc) is 2.62. The van der Waals surface area contributed by atoms with Gasteiger partial charge < -0.3 is 19.9 Å². The van der Waals surface area contributed by atoms with Gasteiger partial charge in [0.15, 0.2) is 17.6 Å². The van der Waals surface area contributed by atoms with E-state index < -0.39 is 59.7 Å². The summed E-state index contributed by atoms with van der Waals surface area (Å²) in [6, 6.07) is 1.17. The standard InChI is InChI=1S/C17H19F2NO7/c1-8(13(16(24)26-2)17(25)27-3)14(15(22)23)20-12(21)7-9-4-5-10(18)11(19)6-9/h4-6,8,13-14H,7H2,1-3H3,(H,20,21)(H,22,23)/t8-,14-/m0/s1. The van der Waals surface area contributed by atoms with E-state index >= 15 is 0 Å². The van der Waals surface area contributed by atoms with E-state index in [-0.39, 0.29) is 5.56 Å². The fourth-order valence-electron chi connectivity index (χ4n) is 2.45. The molecule has 2 N–H and O–H groups in total. The highest BCUT2D eigenvalue weighted by Crippen LogP contribution is 2.20. The highest BCUT2D eigenvalue weighted by Gasteiger charge is 2.41. The molecule has 8 nitrogen and oxygen atoms in total. The van der Waals surface area contributed by atoms with Gasteiger partial charge in [-0.2, -0.15) is 0 Å². The summed E-state index contributed by atoms with van der Waals surface area (Å²) in [6.45, 7) is 1.26. The second kappa shape index (κ2) is 9.60. The van der Waals surface area contributed by atoms with Crippen molar-refractivity contribution in [1.29, 1.82) is 0 Å². The van der Waals surface area contributed by atoms with Crippen LogP contribution in [0.15, 0.2) is 18.2 Å². The van der Waals surface area contributed by atoms with E-state index in [4.69, 9.17) is 0 Å². The number of esters is 2. The summed E-state index contributed by atoms with van der Waals surface area (Å²) in [5.41, 5.74) is 0.112. The monoisotopic (exact) mass is 387 g/mol. The summed E-state index contributed by atoms with van der Waals surface area (Å²) in [5, 5.41) is 11.5. The number of aliphatic carboxylic acids is 1. The molecule has 0 aromatic heterocycles. The Balaban J connectivity index is 2.97. The largest absolute Gasteiger partial charge is 0.480 e. The Labute approximate surface area is 153 Å². The molecule has 0 unspecified atom stereocenters. The molecule has 0 aliphatic heterocycles. The Morgan fingerprint density at radius 3 is 2.07 bits per heavy atom. The Morgan fingerprint density at radius 1 is 1.07 bits per heavy atom. The van der Waals surface area contributed by atoms with Crippen molar-refractivity contribution in [2.75, 3.05) is 14.2 Å². The summed E-state index contributed by atoms with van der Waals surface area (Å²) in [4.78, 5) is 47.3. The van der Waals surface area contributed by atoms with E-state index in [1.807, 2.05) is 0 Å². The van der Waals surface area contributed by atoms with Gasteiger partial charge in [0.25, 0.3) is 0 Å². The number of ether oxygens (including phenoxy) is 2. The fraction of sp³-hybridized carbons (Fsp3) is 0.412. The van der Waals surface area contributed by atoms with Gasteiger partial charge in [0.05, 0.1) is 20.6 Å². The van der Waals surface area contributed by atoms with Gasteiger partial charge in [0.1, 0.15) is 6.04 Å². The summed E-state index contributed by atoms with van der Waals surface area (Å²) in [6.07, 6.45) is -0.436. The third kappa shape index (κ3) is 5.73. The van der Waals surface area contributed by atoms with Crippen LogP contribution in [0, 0.1) is 23.5 Å². The number of hydrogen-bond acceptors (Lipinski definition) is 6. The van der Waals surface area contributed by atoms with Gasteiger partial charge in [0.2, 0.25) is 5.91 Å². The average molecular weight is 387 g/mol. The minimum Gasteiger partial charge on any atom is -0.480 e. The summed E-state index contributed by atoms with van der Waals surface area (Å²) < 4.78 is 35.1. The number of carboxylic acids is 1. The van der Waals surface area contributed by atoms with Crippen molar-refractivity contribution in [3.63, 3.8) is 0 Å². The maximum atomic E-state index is 13.2. The van der Waals surface area contributed by atoms with Crippen LogP contribution in [0.4, 0.5) is 8.78 Å². The molecule has 1 rings (SSSR count). The first-order chi connectivity index (χ1) is 12.6. The number of carbonyl (C=O) groups excluding carboxylic acids is 3. The molecular formula is C17H19F2NO7. The number of nitrogens with one attached hydrogen (secondary N) is 1. The molecule has 1 amide bonds. The van der Waals surface area contributed by atoms with Crippen molar-refractivity contribution in [2.45, 2.75) is 19.4 Å². The Bertz CT molecular complexity index is 722. The number of hydrogen-bond donors (Lipinski definition) is 2. The number of halogens is 2. The molecule has 0 aliphatic carbocycles. The van der Waals surface area contributed by atoms with Gasteiger partial charge in [-0.25, -0.2) is 13.6 Å². The molecule has 0 bridgehead atoms. The van der Waals surface area contributed by atoms with Gasteiger partial charge in [0, 0.05) is 5.92 Å². The van der Waals surface area contributed by atoms with Crippen LogP contribution in [-0.2, 0) is 35.1 Å². The lowest BCUT2D eigenvalue weighted by Crippen LogP contribution is -2.50. The van der Waals surface area contributed by atoms with Crippen molar-refractivity contribution >= 4 is 23.8 Å². The van der Waals surface area contributed by atoms with Crippen molar-refractivity contribution in [3.8, 4) is 0 Å². The molecule has 1 aromatic rings. The van der Waals surface area contributed by atoms with Crippen LogP contribution in [0.1, 0.15) is 12.5 Å². The lowest BCUT2D eigenvalue weighted by atomic mass is 9.87. The van der Waals surface area contributed by atoms with Crippen LogP contribution in [0.25, 0.3) is 0 Å². The Kier molecular flexibility index (Phi) is 7.82. The highest BCUT2D eigenvalue weighted by molar-refractivity contribution is 5.96. The predicted molar refractivity (Wildman–Crippen MR) is 86.3 cm³/mol.